The molecular weight excluding hydrogens is 336 g/mol. The second kappa shape index (κ2) is 6.68. The number of ether oxygens (including phenoxy) is 1. The summed E-state index contributed by atoms with van der Waals surface area (Å²) in [5.74, 6) is 0.408. The molecule has 3 N–H and O–H groups in total. The number of carboxylic acids is 1. The van der Waals surface area contributed by atoms with E-state index in [4.69, 9.17) is 4.74 Å². The number of imidazole rings is 1. The second-order valence-corrected chi connectivity index (χ2v) is 6.03. The quantitative estimate of drug-likeness (QED) is 0.642. The number of fused-ring (bicyclic) bond motifs is 1. The van der Waals surface area contributed by atoms with Crippen molar-refractivity contribution in [1.29, 1.82) is 0 Å². The van der Waals surface area contributed by atoms with Crippen LogP contribution in [0.25, 0.3) is 11.0 Å². The van der Waals surface area contributed by atoms with Crippen LogP contribution in [-0.2, 0) is 11.3 Å². The average molecular weight is 356 g/mol. The number of benzene rings is 1. The van der Waals surface area contributed by atoms with Crippen LogP contribution < -0.4 is 10.2 Å². The van der Waals surface area contributed by atoms with Crippen LogP contribution in [0.15, 0.2) is 24.4 Å². The number of nitrogens with one attached hydrogen (secondary N) is 2. The van der Waals surface area contributed by atoms with Crippen LogP contribution in [0.4, 0.5) is 17.5 Å². The summed E-state index contributed by atoms with van der Waals surface area (Å²) in [5, 5.41) is 17.0. The molecule has 0 spiro atoms. The average Bonchev–Trinajstić information content (AvgIpc) is 3.26. The van der Waals surface area contributed by atoms with Crippen LogP contribution in [0.2, 0.25) is 0 Å². The SMILES string of the molecule is CCn1nccc1Nc1nc2cc(N3CCOCC3)c(C(=O)O)cc2[nH]1. The summed E-state index contributed by atoms with van der Waals surface area (Å²) in [7, 11) is 0. The number of hydrogen-bond acceptors (Lipinski definition) is 6. The molecule has 9 heteroatoms. The molecule has 1 aliphatic rings. The van der Waals surface area contributed by atoms with Gasteiger partial charge in [-0.05, 0) is 19.1 Å². The van der Waals surface area contributed by atoms with Crippen molar-refractivity contribution in [2.45, 2.75) is 13.5 Å². The first-order chi connectivity index (χ1) is 12.7. The van der Waals surface area contributed by atoms with Crippen molar-refractivity contribution in [2.75, 3.05) is 36.5 Å². The Kier molecular flexibility index (Phi) is 4.21. The molecule has 136 valence electrons. The van der Waals surface area contributed by atoms with E-state index in [1.165, 1.54) is 0 Å². The minimum absolute atomic E-state index is 0.258. The Balaban J connectivity index is 1.72. The van der Waals surface area contributed by atoms with Crippen molar-refractivity contribution in [3.63, 3.8) is 0 Å². The number of anilines is 3. The number of aromatic nitrogens is 4. The molecule has 0 radical (unpaired) electrons. The Labute approximate surface area is 149 Å². The van der Waals surface area contributed by atoms with E-state index in [0.717, 1.165) is 12.4 Å². The number of nitrogens with zero attached hydrogens (tertiary/aromatic N) is 4. The molecule has 1 fully saturated rings. The lowest BCUT2D eigenvalue weighted by molar-refractivity contribution is 0.0696. The highest BCUT2D eigenvalue weighted by molar-refractivity contribution is 6.00. The van der Waals surface area contributed by atoms with E-state index in [1.807, 2.05) is 28.6 Å². The van der Waals surface area contributed by atoms with E-state index < -0.39 is 5.97 Å². The van der Waals surface area contributed by atoms with Crippen molar-refractivity contribution in [3.05, 3.63) is 30.0 Å². The predicted molar refractivity (Wildman–Crippen MR) is 97.3 cm³/mol. The minimum Gasteiger partial charge on any atom is -0.478 e. The lowest BCUT2D eigenvalue weighted by Crippen LogP contribution is -2.37. The standard InChI is InChI=1S/C17H20N6O3/c1-2-23-15(3-4-18-23)21-17-19-12-9-11(16(24)25)14(10-13(12)20-17)22-5-7-26-8-6-22/h3-4,9-10H,2,5-8H2,1H3,(H,24,25)(H2,19,20,21). The molecule has 9 nitrogen and oxygen atoms in total. The van der Waals surface area contributed by atoms with Crippen molar-refractivity contribution < 1.29 is 14.6 Å². The van der Waals surface area contributed by atoms with Crippen LogP contribution in [0.1, 0.15) is 17.3 Å². The van der Waals surface area contributed by atoms with Gasteiger partial charge in [0.2, 0.25) is 5.95 Å². The summed E-state index contributed by atoms with van der Waals surface area (Å²) < 4.78 is 7.18. The molecule has 2 aromatic heterocycles. The molecule has 26 heavy (non-hydrogen) atoms. The summed E-state index contributed by atoms with van der Waals surface area (Å²) in [6.45, 7) is 5.25. The maximum Gasteiger partial charge on any atom is 0.337 e. The third-order valence-corrected chi connectivity index (χ3v) is 4.44. The van der Waals surface area contributed by atoms with Gasteiger partial charge < -0.3 is 25.0 Å². The highest BCUT2D eigenvalue weighted by Crippen LogP contribution is 2.28. The molecule has 0 bridgehead atoms. The van der Waals surface area contributed by atoms with Gasteiger partial charge in [0, 0.05) is 25.7 Å². The first-order valence-electron chi connectivity index (χ1n) is 8.54. The van der Waals surface area contributed by atoms with E-state index >= 15 is 0 Å². The van der Waals surface area contributed by atoms with Gasteiger partial charge >= 0.3 is 5.97 Å². The lowest BCUT2D eigenvalue weighted by Gasteiger charge is -2.29. The number of morpholine rings is 1. The number of H-pyrrole nitrogens is 1. The molecule has 0 atom stereocenters. The zero-order chi connectivity index (χ0) is 18.1. The van der Waals surface area contributed by atoms with Crippen LogP contribution in [-0.4, -0.2) is 57.1 Å². The van der Waals surface area contributed by atoms with Crippen LogP contribution in [0.3, 0.4) is 0 Å². The van der Waals surface area contributed by atoms with Gasteiger partial charge in [-0.2, -0.15) is 5.10 Å². The Morgan fingerprint density at radius 2 is 2.19 bits per heavy atom. The van der Waals surface area contributed by atoms with E-state index in [2.05, 4.69) is 20.4 Å². The topological polar surface area (TPSA) is 108 Å². The van der Waals surface area contributed by atoms with E-state index in [9.17, 15) is 9.90 Å². The lowest BCUT2D eigenvalue weighted by atomic mass is 10.1. The van der Waals surface area contributed by atoms with Gasteiger partial charge in [-0.1, -0.05) is 0 Å². The van der Waals surface area contributed by atoms with E-state index in [-0.39, 0.29) is 5.56 Å². The number of carboxylic acid groups (broad SMARTS) is 1. The number of rotatable bonds is 5. The van der Waals surface area contributed by atoms with Gasteiger partial charge in [-0.25, -0.2) is 14.5 Å². The zero-order valence-corrected chi connectivity index (χ0v) is 14.4. The molecule has 3 heterocycles. The molecule has 0 aliphatic carbocycles. The maximum absolute atomic E-state index is 11.7. The summed E-state index contributed by atoms with van der Waals surface area (Å²) in [6.07, 6.45) is 1.72. The van der Waals surface area contributed by atoms with E-state index in [1.54, 1.807) is 12.3 Å². The summed E-state index contributed by atoms with van der Waals surface area (Å²) in [4.78, 5) is 21.5. The Hall–Kier alpha value is -3.07. The largest absolute Gasteiger partial charge is 0.478 e. The van der Waals surface area contributed by atoms with Crippen LogP contribution >= 0.6 is 0 Å². The van der Waals surface area contributed by atoms with Crippen LogP contribution in [0, 0.1) is 0 Å². The summed E-state index contributed by atoms with van der Waals surface area (Å²) in [5.41, 5.74) is 2.31. The first kappa shape index (κ1) is 16.4. The summed E-state index contributed by atoms with van der Waals surface area (Å²) >= 11 is 0. The minimum atomic E-state index is -0.957. The first-order valence-corrected chi connectivity index (χ1v) is 8.54. The van der Waals surface area contributed by atoms with Gasteiger partial charge in [-0.3, -0.25) is 0 Å². The fourth-order valence-corrected chi connectivity index (χ4v) is 3.15. The molecule has 1 saturated heterocycles. The third-order valence-electron chi connectivity index (χ3n) is 4.44. The Morgan fingerprint density at radius 3 is 2.92 bits per heavy atom. The summed E-state index contributed by atoms with van der Waals surface area (Å²) in [6, 6.07) is 5.32. The van der Waals surface area contributed by atoms with Gasteiger partial charge in [0.1, 0.15) is 5.82 Å². The van der Waals surface area contributed by atoms with Crippen molar-refractivity contribution in [2.24, 2.45) is 0 Å². The fourth-order valence-electron chi connectivity index (χ4n) is 3.15. The molecule has 0 amide bonds. The molecule has 1 aromatic carbocycles. The van der Waals surface area contributed by atoms with Gasteiger partial charge in [0.25, 0.3) is 0 Å². The Morgan fingerprint density at radius 1 is 1.38 bits per heavy atom. The molecule has 0 unspecified atom stereocenters. The molecule has 1 aliphatic heterocycles. The van der Waals surface area contributed by atoms with Gasteiger partial charge in [0.15, 0.2) is 0 Å². The zero-order valence-electron chi connectivity index (χ0n) is 14.4. The molecule has 4 rings (SSSR count). The Bertz CT molecular complexity index is 941. The van der Waals surface area contributed by atoms with Gasteiger partial charge in [0.05, 0.1) is 41.7 Å². The third kappa shape index (κ3) is 2.97. The highest BCUT2D eigenvalue weighted by Gasteiger charge is 2.20. The molecule has 0 saturated carbocycles. The number of aromatic carboxylic acids is 1. The van der Waals surface area contributed by atoms with Gasteiger partial charge in [-0.15, -0.1) is 0 Å². The van der Waals surface area contributed by atoms with Crippen molar-refractivity contribution in [1.82, 2.24) is 19.7 Å². The number of carbonyl (C=O) groups is 1. The normalized spacial score (nSPS) is 14.7. The maximum atomic E-state index is 11.7. The second-order valence-electron chi connectivity index (χ2n) is 6.03. The predicted octanol–water partition coefficient (Wildman–Crippen LogP) is 2.06. The monoisotopic (exact) mass is 356 g/mol. The number of hydrogen-bond donors (Lipinski definition) is 3. The number of aromatic amines is 1. The van der Waals surface area contributed by atoms with Crippen molar-refractivity contribution in [3.8, 4) is 0 Å². The highest BCUT2D eigenvalue weighted by atomic mass is 16.5. The van der Waals surface area contributed by atoms with Crippen LogP contribution in [0.5, 0.6) is 0 Å². The molecular formula is C17H20N6O3. The number of aryl methyl sites for hydroxylation is 1. The molecule has 3 aromatic rings. The van der Waals surface area contributed by atoms with E-state index in [0.29, 0.717) is 49.0 Å². The van der Waals surface area contributed by atoms with Crippen molar-refractivity contribution >= 4 is 34.5 Å². The fraction of sp³-hybridized carbons (Fsp3) is 0.353. The smallest absolute Gasteiger partial charge is 0.337 e.